The number of hydrogen-bond acceptors (Lipinski definition) is 7. The number of halogens is 1. The van der Waals surface area contributed by atoms with Crippen LogP contribution >= 0.6 is 0 Å². The lowest BCUT2D eigenvalue weighted by Gasteiger charge is -2.13. The first kappa shape index (κ1) is 23.7. The third-order valence-corrected chi connectivity index (χ3v) is 6.28. The SMILES string of the molecule is CC[C@@H](Oc1ccc(C(=O)C2CC2)cc1)c1nc(-c2ccc(C(=O)N[C@@H]3CCNC3=O)c(F)c2)no1. The van der Waals surface area contributed by atoms with Crippen molar-refractivity contribution >= 4 is 17.6 Å². The molecule has 0 radical (unpaired) electrons. The van der Waals surface area contributed by atoms with Crippen LogP contribution in [0, 0.1) is 11.7 Å². The van der Waals surface area contributed by atoms with Crippen molar-refractivity contribution in [1.29, 1.82) is 0 Å². The zero-order valence-corrected chi connectivity index (χ0v) is 19.6. The monoisotopic (exact) mass is 492 g/mol. The summed E-state index contributed by atoms with van der Waals surface area (Å²) in [5.74, 6) is -0.466. The quantitative estimate of drug-likeness (QED) is 0.437. The second kappa shape index (κ2) is 9.88. The number of hydrogen-bond donors (Lipinski definition) is 2. The number of carbonyl (C=O) groups is 3. The first-order valence-corrected chi connectivity index (χ1v) is 12.0. The predicted molar refractivity (Wildman–Crippen MR) is 126 cm³/mol. The van der Waals surface area contributed by atoms with E-state index in [9.17, 15) is 18.8 Å². The van der Waals surface area contributed by atoms with Crippen molar-refractivity contribution in [3.05, 3.63) is 65.3 Å². The molecule has 10 heteroatoms. The van der Waals surface area contributed by atoms with E-state index < -0.39 is 23.9 Å². The number of carbonyl (C=O) groups excluding carboxylic acids is 3. The van der Waals surface area contributed by atoms with E-state index in [1.54, 1.807) is 24.3 Å². The molecule has 2 amide bonds. The lowest BCUT2D eigenvalue weighted by Crippen LogP contribution is -2.40. The minimum atomic E-state index is -0.765. The van der Waals surface area contributed by atoms with Crippen molar-refractivity contribution in [1.82, 2.24) is 20.8 Å². The van der Waals surface area contributed by atoms with Crippen LogP contribution in [0.25, 0.3) is 11.4 Å². The highest BCUT2D eigenvalue weighted by atomic mass is 19.1. The Kier molecular flexibility index (Phi) is 6.49. The van der Waals surface area contributed by atoms with Gasteiger partial charge in [-0.1, -0.05) is 18.1 Å². The Morgan fingerprint density at radius 2 is 1.97 bits per heavy atom. The molecule has 1 saturated carbocycles. The van der Waals surface area contributed by atoms with Crippen LogP contribution in [0.1, 0.15) is 65.3 Å². The third kappa shape index (κ3) is 4.98. The zero-order valence-electron chi connectivity index (χ0n) is 19.6. The lowest BCUT2D eigenvalue weighted by atomic mass is 10.1. The van der Waals surface area contributed by atoms with Crippen LogP contribution in [0.3, 0.4) is 0 Å². The summed E-state index contributed by atoms with van der Waals surface area (Å²) in [6.07, 6.45) is 2.36. The van der Waals surface area contributed by atoms with Gasteiger partial charge in [-0.2, -0.15) is 4.98 Å². The van der Waals surface area contributed by atoms with Gasteiger partial charge in [0.15, 0.2) is 11.9 Å². The number of ketones is 1. The molecular formula is C26H25FN4O5. The highest BCUT2D eigenvalue weighted by Gasteiger charge is 2.30. The summed E-state index contributed by atoms with van der Waals surface area (Å²) >= 11 is 0. The largest absolute Gasteiger partial charge is 0.481 e. The minimum Gasteiger partial charge on any atom is -0.481 e. The number of rotatable bonds is 9. The summed E-state index contributed by atoms with van der Waals surface area (Å²) in [5, 5.41) is 9.09. The number of aromatic nitrogens is 2. The smallest absolute Gasteiger partial charge is 0.268 e. The average Bonchev–Trinajstić information content (AvgIpc) is 3.49. The number of Topliss-reactive ketones (excluding diaryl/α,β-unsaturated/α-hetero) is 1. The van der Waals surface area contributed by atoms with E-state index in [1.165, 1.54) is 12.1 Å². The van der Waals surface area contributed by atoms with Gasteiger partial charge in [0.05, 0.1) is 5.56 Å². The molecule has 3 aromatic rings. The maximum Gasteiger partial charge on any atom is 0.268 e. The minimum absolute atomic E-state index is 0.151. The first-order valence-electron chi connectivity index (χ1n) is 12.0. The number of nitrogens with one attached hydrogen (secondary N) is 2. The molecule has 2 N–H and O–H groups in total. The second-order valence-corrected chi connectivity index (χ2v) is 8.93. The summed E-state index contributed by atoms with van der Waals surface area (Å²) in [4.78, 5) is 40.6. The van der Waals surface area contributed by atoms with E-state index in [-0.39, 0.29) is 34.9 Å². The molecule has 0 unspecified atom stereocenters. The molecule has 36 heavy (non-hydrogen) atoms. The molecule has 0 bridgehead atoms. The number of ether oxygens (including phenoxy) is 1. The van der Waals surface area contributed by atoms with Crippen LogP contribution < -0.4 is 15.4 Å². The molecule has 0 spiro atoms. The Bertz CT molecular complexity index is 1300. The van der Waals surface area contributed by atoms with Gasteiger partial charge in [0.1, 0.15) is 17.6 Å². The van der Waals surface area contributed by atoms with Crippen molar-refractivity contribution in [2.45, 2.75) is 44.8 Å². The van der Waals surface area contributed by atoms with Crippen LogP contribution in [0.2, 0.25) is 0 Å². The van der Waals surface area contributed by atoms with Gasteiger partial charge >= 0.3 is 0 Å². The van der Waals surface area contributed by atoms with E-state index in [2.05, 4.69) is 20.8 Å². The molecule has 2 atom stereocenters. The summed E-state index contributed by atoms with van der Waals surface area (Å²) in [7, 11) is 0. The van der Waals surface area contributed by atoms with Gasteiger partial charge in [-0.25, -0.2) is 4.39 Å². The Morgan fingerprint density at radius 1 is 1.19 bits per heavy atom. The maximum atomic E-state index is 14.7. The van der Waals surface area contributed by atoms with Crippen molar-refractivity contribution in [2.24, 2.45) is 5.92 Å². The summed E-state index contributed by atoms with van der Waals surface area (Å²) < 4.78 is 26.1. The van der Waals surface area contributed by atoms with E-state index in [1.807, 2.05) is 6.92 Å². The van der Waals surface area contributed by atoms with Gasteiger partial charge in [-0.15, -0.1) is 0 Å². The first-order chi connectivity index (χ1) is 17.4. The van der Waals surface area contributed by atoms with Crippen molar-refractivity contribution in [3.63, 3.8) is 0 Å². The maximum absolute atomic E-state index is 14.7. The van der Waals surface area contributed by atoms with Gasteiger partial charge in [0.25, 0.3) is 11.8 Å². The topological polar surface area (TPSA) is 123 Å². The number of nitrogens with zero attached hydrogens (tertiary/aromatic N) is 2. The molecular weight excluding hydrogens is 467 g/mol. The molecule has 1 aliphatic carbocycles. The fourth-order valence-electron chi connectivity index (χ4n) is 4.04. The molecule has 2 fully saturated rings. The van der Waals surface area contributed by atoms with Crippen LogP contribution in [-0.2, 0) is 4.79 Å². The van der Waals surface area contributed by atoms with Gasteiger partial charge in [0, 0.05) is 23.6 Å². The van der Waals surface area contributed by atoms with Crippen LogP contribution in [-0.4, -0.2) is 40.3 Å². The summed E-state index contributed by atoms with van der Waals surface area (Å²) in [5.41, 5.74) is 0.819. The molecule has 2 aliphatic rings. The Balaban J connectivity index is 1.26. The van der Waals surface area contributed by atoms with E-state index in [0.29, 0.717) is 36.3 Å². The number of benzene rings is 2. The molecule has 2 aromatic carbocycles. The normalized spacial score (nSPS) is 17.9. The fraction of sp³-hybridized carbons (Fsp3) is 0.346. The van der Waals surface area contributed by atoms with Gasteiger partial charge in [0.2, 0.25) is 11.7 Å². The van der Waals surface area contributed by atoms with Crippen molar-refractivity contribution in [3.8, 4) is 17.1 Å². The Hall–Kier alpha value is -4.08. The molecule has 5 rings (SSSR count). The van der Waals surface area contributed by atoms with Crippen LogP contribution in [0.5, 0.6) is 5.75 Å². The van der Waals surface area contributed by atoms with Gasteiger partial charge < -0.3 is 19.9 Å². The summed E-state index contributed by atoms with van der Waals surface area (Å²) in [6, 6.07) is 10.3. The Labute approximate surface area is 206 Å². The Morgan fingerprint density at radius 3 is 2.61 bits per heavy atom. The van der Waals surface area contributed by atoms with E-state index in [4.69, 9.17) is 9.26 Å². The standard InChI is InChI=1S/C26H25FN4O5/c1-2-21(35-17-8-5-15(6-9-17)22(32)14-3-4-14)26-30-23(31-36-26)16-7-10-18(19(27)13-16)24(33)29-20-11-12-28-25(20)34/h5-10,13-14,20-21H,2-4,11-12H2,1H3,(H,28,34)(H,29,33)/t20-,21-/m1/s1. The lowest BCUT2D eigenvalue weighted by molar-refractivity contribution is -0.120. The second-order valence-electron chi connectivity index (χ2n) is 8.93. The molecule has 2 heterocycles. The molecule has 9 nitrogen and oxygen atoms in total. The fourth-order valence-corrected chi connectivity index (χ4v) is 4.04. The van der Waals surface area contributed by atoms with E-state index in [0.717, 1.165) is 18.9 Å². The van der Waals surface area contributed by atoms with Gasteiger partial charge in [-0.05, 0) is 62.1 Å². The average molecular weight is 493 g/mol. The molecule has 186 valence electrons. The van der Waals surface area contributed by atoms with Crippen molar-refractivity contribution < 1.29 is 28.0 Å². The molecule has 1 aliphatic heterocycles. The van der Waals surface area contributed by atoms with Crippen molar-refractivity contribution in [2.75, 3.05) is 6.54 Å². The highest BCUT2D eigenvalue weighted by molar-refractivity contribution is 5.99. The molecule has 1 saturated heterocycles. The summed E-state index contributed by atoms with van der Waals surface area (Å²) in [6.45, 7) is 2.37. The van der Waals surface area contributed by atoms with Gasteiger partial charge in [-0.3, -0.25) is 14.4 Å². The third-order valence-electron chi connectivity index (χ3n) is 6.28. The highest BCUT2D eigenvalue weighted by Crippen LogP contribution is 2.33. The van der Waals surface area contributed by atoms with E-state index >= 15 is 0 Å². The number of amides is 2. The van der Waals surface area contributed by atoms with Crippen LogP contribution in [0.4, 0.5) is 4.39 Å². The van der Waals surface area contributed by atoms with Crippen LogP contribution in [0.15, 0.2) is 47.0 Å². The predicted octanol–water partition coefficient (Wildman–Crippen LogP) is 3.62. The zero-order chi connectivity index (χ0) is 25.2. The molecule has 1 aromatic heterocycles.